The maximum Gasteiger partial charge on any atom is 0.232 e. The summed E-state index contributed by atoms with van der Waals surface area (Å²) in [4.78, 5) is 25.6. The van der Waals surface area contributed by atoms with E-state index in [9.17, 15) is 4.79 Å². The molecule has 8 heteroatoms. The molecule has 3 aromatic rings. The Balaban J connectivity index is 1.37. The molecule has 2 aromatic heterocycles. The number of hydrogen-bond donors (Lipinski definition) is 2. The van der Waals surface area contributed by atoms with Crippen LogP contribution in [0.15, 0.2) is 42.7 Å². The van der Waals surface area contributed by atoms with Crippen molar-refractivity contribution in [3.63, 3.8) is 0 Å². The molecule has 0 spiro atoms. The first-order valence-corrected chi connectivity index (χ1v) is 9.74. The Morgan fingerprint density at radius 3 is 2.62 bits per heavy atom. The van der Waals surface area contributed by atoms with Gasteiger partial charge in [-0.1, -0.05) is 0 Å². The highest BCUT2D eigenvalue weighted by molar-refractivity contribution is 5.92. The first kappa shape index (κ1) is 19.1. The Morgan fingerprint density at radius 2 is 1.90 bits per heavy atom. The van der Waals surface area contributed by atoms with Gasteiger partial charge in [0.15, 0.2) is 5.82 Å². The number of carbonyl (C=O) groups excluding carboxylic acids is 1. The zero-order valence-corrected chi connectivity index (χ0v) is 16.7. The number of aromatic amines is 1. The molecular weight excluding hydrogens is 366 g/mol. The fourth-order valence-corrected chi connectivity index (χ4v) is 3.50. The smallest absolute Gasteiger partial charge is 0.232 e. The Morgan fingerprint density at radius 1 is 1.14 bits per heavy atom. The number of pyridine rings is 1. The summed E-state index contributed by atoms with van der Waals surface area (Å²) in [5.41, 5.74) is 4.04. The molecule has 1 fully saturated rings. The second-order valence-electron chi connectivity index (χ2n) is 7.36. The van der Waals surface area contributed by atoms with Crippen LogP contribution in [0.25, 0.3) is 11.4 Å². The molecule has 29 heavy (non-hydrogen) atoms. The van der Waals surface area contributed by atoms with Gasteiger partial charge in [0.05, 0.1) is 6.42 Å². The summed E-state index contributed by atoms with van der Waals surface area (Å²) in [6.07, 6.45) is 3.51. The van der Waals surface area contributed by atoms with E-state index >= 15 is 0 Å². The number of H-pyrrole nitrogens is 1. The van der Waals surface area contributed by atoms with Gasteiger partial charge in [-0.05, 0) is 49.9 Å². The first-order chi connectivity index (χ1) is 14.1. The second-order valence-corrected chi connectivity index (χ2v) is 7.36. The molecule has 0 bridgehead atoms. The summed E-state index contributed by atoms with van der Waals surface area (Å²) < 4.78 is 0. The number of hydrogen-bond acceptors (Lipinski definition) is 6. The van der Waals surface area contributed by atoms with Crippen molar-refractivity contribution in [2.24, 2.45) is 0 Å². The van der Waals surface area contributed by atoms with E-state index in [0.717, 1.165) is 43.0 Å². The molecule has 4 rings (SSSR count). The quantitative estimate of drug-likeness (QED) is 0.692. The van der Waals surface area contributed by atoms with Gasteiger partial charge in [0.2, 0.25) is 5.91 Å². The lowest BCUT2D eigenvalue weighted by atomic mass is 10.1. The Bertz CT molecular complexity index is 978. The number of benzene rings is 1. The number of aryl methyl sites for hydroxylation is 1. The third kappa shape index (κ3) is 4.60. The topological polar surface area (TPSA) is 90.0 Å². The highest BCUT2D eigenvalue weighted by Gasteiger charge is 2.16. The number of nitrogens with zero attached hydrogens (tertiary/aromatic N) is 5. The molecule has 1 amide bonds. The van der Waals surface area contributed by atoms with Crippen LogP contribution in [-0.2, 0) is 11.2 Å². The Hall–Kier alpha value is -3.26. The highest BCUT2D eigenvalue weighted by Crippen LogP contribution is 2.24. The van der Waals surface area contributed by atoms with Crippen LogP contribution in [0.1, 0.15) is 11.4 Å². The molecule has 1 aliphatic heterocycles. The van der Waals surface area contributed by atoms with Crippen molar-refractivity contribution in [3.8, 4) is 11.4 Å². The van der Waals surface area contributed by atoms with Crippen molar-refractivity contribution in [1.29, 1.82) is 0 Å². The van der Waals surface area contributed by atoms with Crippen LogP contribution in [0, 0.1) is 6.92 Å². The Labute approximate surface area is 170 Å². The van der Waals surface area contributed by atoms with Crippen molar-refractivity contribution < 1.29 is 4.79 Å². The van der Waals surface area contributed by atoms with E-state index in [1.165, 1.54) is 5.69 Å². The summed E-state index contributed by atoms with van der Waals surface area (Å²) in [5, 5.41) is 9.97. The van der Waals surface area contributed by atoms with E-state index in [2.05, 4.69) is 55.3 Å². The zero-order chi connectivity index (χ0) is 20.2. The average molecular weight is 391 g/mol. The molecule has 8 nitrogen and oxygen atoms in total. The lowest BCUT2D eigenvalue weighted by Crippen LogP contribution is -2.44. The minimum atomic E-state index is -0.130. The van der Waals surface area contributed by atoms with Gasteiger partial charge in [0, 0.05) is 55.5 Å². The van der Waals surface area contributed by atoms with Crippen LogP contribution in [-0.4, -0.2) is 64.2 Å². The standard InChI is InChI=1S/C21H25N7O/c1-15-13-17(3-4-18(15)28-11-9-27(2)10-12-28)23-20(29)14-19-24-21(26-25-19)16-5-7-22-8-6-16/h3-8,13H,9-12,14H2,1-2H3,(H,23,29)(H,24,25,26). The van der Waals surface area contributed by atoms with Crippen LogP contribution in [0.5, 0.6) is 0 Å². The van der Waals surface area contributed by atoms with E-state index in [0.29, 0.717) is 11.6 Å². The number of anilines is 2. The predicted molar refractivity (Wildman–Crippen MR) is 113 cm³/mol. The van der Waals surface area contributed by atoms with Gasteiger partial charge in [0.1, 0.15) is 5.82 Å². The molecule has 0 atom stereocenters. The summed E-state index contributed by atoms with van der Waals surface area (Å²) in [6.45, 7) is 6.26. The molecule has 1 aliphatic rings. The zero-order valence-electron chi connectivity index (χ0n) is 16.7. The summed E-state index contributed by atoms with van der Waals surface area (Å²) in [7, 11) is 2.15. The largest absolute Gasteiger partial charge is 0.369 e. The van der Waals surface area contributed by atoms with E-state index in [1.54, 1.807) is 12.4 Å². The fraction of sp³-hybridized carbons (Fsp3) is 0.333. The van der Waals surface area contributed by atoms with Crippen molar-refractivity contribution in [2.75, 3.05) is 43.4 Å². The van der Waals surface area contributed by atoms with E-state index in [-0.39, 0.29) is 12.3 Å². The monoisotopic (exact) mass is 391 g/mol. The minimum Gasteiger partial charge on any atom is -0.369 e. The van der Waals surface area contributed by atoms with Crippen molar-refractivity contribution in [3.05, 3.63) is 54.1 Å². The molecule has 0 radical (unpaired) electrons. The highest BCUT2D eigenvalue weighted by atomic mass is 16.1. The van der Waals surface area contributed by atoms with Gasteiger partial charge in [-0.25, -0.2) is 4.98 Å². The van der Waals surface area contributed by atoms with E-state index < -0.39 is 0 Å². The molecule has 150 valence electrons. The lowest BCUT2D eigenvalue weighted by Gasteiger charge is -2.35. The molecule has 0 aliphatic carbocycles. The number of nitrogens with one attached hydrogen (secondary N) is 2. The number of aromatic nitrogens is 4. The molecule has 2 N–H and O–H groups in total. The number of carbonyl (C=O) groups is 1. The van der Waals surface area contributed by atoms with Gasteiger partial charge in [-0.3, -0.25) is 14.9 Å². The van der Waals surface area contributed by atoms with Crippen molar-refractivity contribution in [1.82, 2.24) is 25.1 Å². The maximum atomic E-state index is 12.4. The molecule has 0 saturated carbocycles. The summed E-state index contributed by atoms with van der Waals surface area (Å²) in [5.74, 6) is 0.955. The van der Waals surface area contributed by atoms with Crippen molar-refractivity contribution >= 4 is 17.3 Å². The first-order valence-electron chi connectivity index (χ1n) is 9.74. The number of piperazine rings is 1. The second kappa shape index (κ2) is 8.40. The third-order valence-electron chi connectivity index (χ3n) is 5.12. The average Bonchev–Trinajstić information content (AvgIpc) is 3.18. The SMILES string of the molecule is Cc1cc(NC(=O)Cc2nc(-c3ccncc3)n[nH]2)ccc1N1CCN(C)CC1. The Kier molecular flexibility index (Phi) is 5.53. The lowest BCUT2D eigenvalue weighted by molar-refractivity contribution is -0.115. The molecule has 1 saturated heterocycles. The predicted octanol–water partition coefficient (Wildman–Crippen LogP) is 2.11. The van der Waals surface area contributed by atoms with Gasteiger partial charge in [0.25, 0.3) is 0 Å². The number of rotatable bonds is 5. The number of likely N-dealkylation sites (N-methyl/N-ethyl adjacent to an activating group) is 1. The number of amides is 1. The van der Waals surface area contributed by atoms with E-state index in [1.807, 2.05) is 24.3 Å². The van der Waals surface area contributed by atoms with Crippen LogP contribution in [0.2, 0.25) is 0 Å². The van der Waals surface area contributed by atoms with Crippen molar-refractivity contribution in [2.45, 2.75) is 13.3 Å². The van der Waals surface area contributed by atoms with Gasteiger partial charge in [-0.2, -0.15) is 5.10 Å². The molecule has 1 aromatic carbocycles. The summed E-state index contributed by atoms with van der Waals surface area (Å²) in [6, 6.07) is 9.73. The van der Waals surface area contributed by atoms with Crippen LogP contribution < -0.4 is 10.2 Å². The normalized spacial score (nSPS) is 14.8. The van der Waals surface area contributed by atoms with Crippen LogP contribution in [0.4, 0.5) is 11.4 Å². The molecule has 0 unspecified atom stereocenters. The fourth-order valence-electron chi connectivity index (χ4n) is 3.50. The molecule has 3 heterocycles. The minimum absolute atomic E-state index is 0.130. The van der Waals surface area contributed by atoms with Crippen LogP contribution >= 0.6 is 0 Å². The van der Waals surface area contributed by atoms with Crippen LogP contribution in [0.3, 0.4) is 0 Å². The van der Waals surface area contributed by atoms with E-state index in [4.69, 9.17) is 0 Å². The maximum absolute atomic E-state index is 12.4. The van der Waals surface area contributed by atoms with Gasteiger partial charge in [-0.15, -0.1) is 0 Å². The van der Waals surface area contributed by atoms with Gasteiger partial charge >= 0.3 is 0 Å². The molecular formula is C21H25N7O. The summed E-state index contributed by atoms with van der Waals surface area (Å²) >= 11 is 0. The third-order valence-corrected chi connectivity index (χ3v) is 5.12. The van der Waals surface area contributed by atoms with Gasteiger partial charge < -0.3 is 15.1 Å².